The van der Waals surface area contributed by atoms with Crippen LogP contribution in [0.1, 0.15) is 28.8 Å². The van der Waals surface area contributed by atoms with Gasteiger partial charge in [-0.2, -0.15) is 4.31 Å². The van der Waals surface area contributed by atoms with Gasteiger partial charge in [-0.25, -0.2) is 12.8 Å². The summed E-state index contributed by atoms with van der Waals surface area (Å²) in [5.41, 5.74) is 1.65. The summed E-state index contributed by atoms with van der Waals surface area (Å²) in [5, 5.41) is 2.98. The minimum atomic E-state index is -4.07. The van der Waals surface area contributed by atoms with Crippen LogP contribution < -0.4 is 5.32 Å². The van der Waals surface area contributed by atoms with Crippen molar-refractivity contribution in [3.8, 4) is 0 Å². The lowest BCUT2D eigenvalue weighted by atomic mass is 9.91. The Morgan fingerprint density at radius 1 is 1.00 bits per heavy atom. The van der Waals surface area contributed by atoms with Crippen molar-refractivity contribution < 1.29 is 17.6 Å². The molecule has 0 radical (unpaired) electrons. The number of nitrogens with one attached hydrogen (secondary N) is 1. The zero-order chi connectivity index (χ0) is 23.4. The topological polar surface area (TPSA) is 66.5 Å². The molecule has 0 saturated carbocycles. The third kappa shape index (κ3) is 5.43. The van der Waals surface area contributed by atoms with Crippen LogP contribution in [0.15, 0.2) is 77.7 Å². The van der Waals surface area contributed by atoms with Crippen molar-refractivity contribution in [1.29, 1.82) is 0 Å². The van der Waals surface area contributed by atoms with Gasteiger partial charge in [-0.05, 0) is 61.1 Å². The normalized spacial score (nSPS) is 15.3. The fourth-order valence-electron chi connectivity index (χ4n) is 4.04. The van der Waals surface area contributed by atoms with Crippen LogP contribution in [0.2, 0.25) is 5.02 Å². The molecule has 3 aromatic rings. The van der Waals surface area contributed by atoms with Crippen LogP contribution in [0.25, 0.3) is 0 Å². The first kappa shape index (κ1) is 23.4. The van der Waals surface area contributed by atoms with Crippen LogP contribution in [0.3, 0.4) is 0 Å². The number of amides is 1. The van der Waals surface area contributed by atoms with Crippen LogP contribution >= 0.6 is 11.6 Å². The Bertz CT molecular complexity index is 1240. The fraction of sp³-hybridized carbons (Fsp3) is 0.240. The molecule has 0 atom stereocenters. The van der Waals surface area contributed by atoms with Crippen LogP contribution in [0, 0.1) is 11.7 Å². The summed E-state index contributed by atoms with van der Waals surface area (Å²) >= 11 is 6.07. The van der Waals surface area contributed by atoms with Crippen molar-refractivity contribution in [1.82, 2.24) is 4.31 Å². The van der Waals surface area contributed by atoms with Gasteiger partial charge in [-0.1, -0.05) is 54.1 Å². The number of nitrogens with zero attached hydrogens (tertiary/aromatic N) is 1. The van der Waals surface area contributed by atoms with E-state index in [0.717, 1.165) is 18.6 Å². The minimum absolute atomic E-state index is 0.0360. The number of piperidine rings is 1. The zero-order valence-corrected chi connectivity index (χ0v) is 19.4. The summed E-state index contributed by atoms with van der Waals surface area (Å²) in [5.74, 6) is -1.08. The Morgan fingerprint density at radius 3 is 2.36 bits per heavy atom. The summed E-state index contributed by atoms with van der Waals surface area (Å²) in [6.07, 6.45) is 2.28. The van der Waals surface area contributed by atoms with Crippen molar-refractivity contribution in [2.24, 2.45) is 5.92 Å². The molecule has 1 heterocycles. The molecule has 1 fully saturated rings. The van der Waals surface area contributed by atoms with Crippen molar-refractivity contribution in [3.05, 3.63) is 94.8 Å². The molecular weight excluding hydrogens is 463 g/mol. The van der Waals surface area contributed by atoms with E-state index in [4.69, 9.17) is 11.6 Å². The molecule has 4 rings (SSSR count). The SMILES string of the molecule is O=C(Nc1ccccc1Cl)c1ccc(F)c(S(=O)(=O)N2CCC(Cc3ccccc3)CC2)c1. The third-order valence-electron chi connectivity index (χ3n) is 5.87. The van der Waals surface area contributed by atoms with Crippen LogP contribution in [0.4, 0.5) is 10.1 Å². The number of carbonyl (C=O) groups is 1. The molecule has 0 unspecified atom stereocenters. The number of halogens is 2. The highest BCUT2D eigenvalue weighted by atomic mass is 35.5. The van der Waals surface area contributed by atoms with E-state index < -0.39 is 26.6 Å². The molecule has 8 heteroatoms. The molecule has 1 aliphatic heterocycles. The number of para-hydroxylation sites is 1. The van der Waals surface area contributed by atoms with Crippen molar-refractivity contribution in [2.45, 2.75) is 24.2 Å². The highest BCUT2D eigenvalue weighted by molar-refractivity contribution is 7.89. The molecule has 0 aromatic heterocycles. The second-order valence-corrected chi connectivity index (χ2v) is 10.4. The number of carbonyl (C=O) groups excluding carboxylic acids is 1. The van der Waals surface area contributed by atoms with Gasteiger partial charge in [0.15, 0.2) is 0 Å². The molecule has 3 aromatic carbocycles. The monoisotopic (exact) mass is 486 g/mol. The predicted molar refractivity (Wildman–Crippen MR) is 127 cm³/mol. The van der Waals surface area contributed by atoms with Gasteiger partial charge in [0.05, 0.1) is 10.7 Å². The maximum Gasteiger partial charge on any atom is 0.255 e. The number of anilines is 1. The van der Waals surface area contributed by atoms with Gasteiger partial charge >= 0.3 is 0 Å². The van der Waals surface area contributed by atoms with E-state index in [1.165, 1.54) is 15.9 Å². The lowest BCUT2D eigenvalue weighted by Gasteiger charge is -2.31. The van der Waals surface area contributed by atoms with E-state index in [1.807, 2.05) is 18.2 Å². The summed E-state index contributed by atoms with van der Waals surface area (Å²) in [4.78, 5) is 12.2. The van der Waals surface area contributed by atoms with Crippen LogP contribution in [0.5, 0.6) is 0 Å². The summed E-state index contributed by atoms with van der Waals surface area (Å²) < 4.78 is 42.3. The van der Waals surface area contributed by atoms with E-state index in [1.54, 1.807) is 24.3 Å². The van der Waals surface area contributed by atoms with E-state index >= 15 is 0 Å². The smallest absolute Gasteiger partial charge is 0.255 e. The first-order valence-electron chi connectivity index (χ1n) is 10.7. The third-order valence-corrected chi connectivity index (χ3v) is 8.12. The van der Waals surface area contributed by atoms with Gasteiger partial charge < -0.3 is 5.32 Å². The Morgan fingerprint density at radius 2 is 1.67 bits per heavy atom. The van der Waals surface area contributed by atoms with E-state index in [-0.39, 0.29) is 5.56 Å². The van der Waals surface area contributed by atoms with Gasteiger partial charge in [-0.3, -0.25) is 4.79 Å². The molecule has 1 amide bonds. The van der Waals surface area contributed by atoms with Gasteiger partial charge in [0.2, 0.25) is 10.0 Å². The Hall–Kier alpha value is -2.74. The molecule has 0 spiro atoms. The van der Waals surface area contributed by atoms with Gasteiger partial charge in [-0.15, -0.1) is 0 Å². The minimum Gasteiger partial charge on any atom is -0.321 e. The van der Waals surface area contributed by atoms with Crippen molar-refractivity contribution in [2.75, 3.05) is 18.4 Å². The van der Waals surface area contributed by atoms with Gasteiger partial charge in [0, 0.05) is 18.7 Å². The first-order valence-corrected chi connectivity index (χ1v) is 12.6. The van der Waals surface area contributed by atoms with E-state index in [9.17, 15) is 17.6 Å². The van der Waals surface area contributed by atoms with Crippen LogP contribution in [-0.2, 0) is 16.4 Å². The van der Waals surface area contributed by atoms with E-state index in [0.29, 0.717) is 42.6 Å². The largest absolute Gasteiger partial charge is 0.321 e. The molecule has 1 saturated heterocycles. The zero-order valence-electron chi connectivity index (χ0n) is 17.9. The second kappa shape index (κ2) is 10.0. The number of rotatable bonds is 6. The molecule has 172 valence electrons. The van der Waals surface area contributed by atoms with Crippen molar-refractivity contribution in [3.63, 3.8) is 0 Å². The van der Waals surface area contributed by atoms with Crippen LogP contribution in [-0.4, -0.2) is 31.7 Å². The number of sulfonamides is 1. The highest BCUT2D eigenvalue weighted by Gasteiger charge is 2.32. The number of hydrogen-bond donors (Lipinski definition) is 1. The standard InChI is InChI=1S/C25H24ClFN2O3S/c26-21-8-4-5-9-23(21)28-25(30)20-10-11-22(27)24(17-20)33(31,32)29-14-12-19(13-15-29)16-18-6-2-1-3-7-18/h1-11,17,19H,12-16H2,(H,28,30). The number of benzene rings is 3. The highest BCUT2D eigenvalue weighted by Crippen LogP contribution is 2.28. The van der Waals surface area contributed by atoms with Crippen molar-refractivity contribution >= 4 is 33.2 Å². The van der Waals surface area contributed by atoms with Gasteiger partial charge in [0.1, 0.15) is 10.7 Å². The quantitative estimate of drug-likeness (QED) is 0.509. The summed E-state index contributed by atoms with van der Waals surface area (Å²) in [6.45, 7) is 0.630. The average Bonchev–Trinajstić information content (AvgIpc) is 2.82. The molecule has 0 aliphatic carbocycles. The average molecular weight is 487 g/mol. The molecule has 1 aliphatic rings. The first-order chi connectivity index (χ1) is 15.8. The molecule has 0 bridgehead atoms. The second-order valence-electron chi connectivity index (χ2n) is 8.12. The van der Waals surface area contributed by atoms with E-state index in [2.05, 4.69) is 17.4 Å². The maximum absolute atomic E-state index is 14.6. The molecule has 5 nitrogen and oxygen atoms in total. The van der Waals surface area contributed by atoms with Gasteiger partial charge in [0.25, 0.3) is 5.91 Å². The Kier molecular flexibility index (Phi) is 7.12. The summed E-state index contributed by atoms with van der Waals surface area (Å²) in [6, 6.07) is 20.1. The molecule has 33 heavy (non-hydrogen) atoms. The number of hydrogen-bond acceptors (Lipinski definition) is 3. The fourth-order valence-corrected chi connectivity index (χ4v) is 5.78. The summed E-state index contributed by atoms with van der Waals surface area (Å²) in [7, 11) is -4.07. The Balaban J connectivity index is 1.47. The molecule has 1 N–H and O–H groups in total. The lowest BCUT2D eigenvalue weighted by Crippen LogP contribution is -2.39. The maximum atomic E-state index is 14.6. The predicted octanol–water partition coefficient (Wildman–Crippen LogP) is 5.37. The lowest BCUT2D eigenvalue weighted by molar-refractivity contribution is 0.102. The molecular formula is C25H24ClFN2O3S. The Labute approximate surface area is 198 Å².